The fourth-order valence-corrected chi connectivity index (χ4v) is 6.14. The number of aryl methyl sites for hydroxylation is 1. The van der Waals surface area contributed by atoms with Crippen LogP contribution in [0.25, 0.3) is 22.0 Å². The SMILES string of the molecule is COc1ccc(-c2c3n(c4cc(OC)c(OC)cc24)CCN(S(=O)(=O)c2ccc(C)cc2)C3)cc1. The van der Waals surface area contributed by atoms with Crippen LogP contribution in [-0.4, -0.2) is 45.2 Å². The lowest BCUT2D eigenvalue weighted by atomic mass is 10.0. The van der Waals surface area contributed by atoms with Crippen LogP contribution in [0.4, 0.5) is 0 Å². The van der Waals surface area contributed by atoms with Crippen molar-refractivity contribution in [2.45, 2.75) is 24.9 Å². The minimum Gasteiger partial charge on any atom is -0.497 e. The summed E-state index contributed by atoms with van der Waals surface area (Å²) in [6.45, 7) is 3.11. The number of hydrogen-bond donors (Lipinski definition) is 0. The fraction of sp³-hybridized carbons (Fsp3) is 0.259. The highest BCUT2D eigenvalue weighted by Gasteiger charge is 2.32. The normalized spacial score (nSPS) is 14.1. The third-order valence-electron chi connectivity index (χ3n) is 6.61. The Morgan fingerprint density at radius 3 is 2.09 bits per heavy atom. The van der Waals surface area contributed by atoms with Crippen LogP contribution in [0.2, 0.25) is 0 Å². The summed E-state index contributed by atoms with van der Waals surface area (Å²) in [5.41, 5.74) is 4.89. The molecule has 0 unspecified atom stereocenters. The van der Waals surface area contributed by atoms with E-state index in [9.17, 15) is 8.42 Å². The number of fused-ring (bicyclic) bond motifs is 3. The lowest BCUT2D eigenvalue weighted by Crippen LogP contribution is -2.38. The molecule has 0 amide bonds. The molecule has 0 aliphatic carbocycles. The Morgan fingerprint density at radius 2 is 1.46 bits per heavy atom. The Hall–Kier alpha value is -3.49. The van der Waals surface area contributed by atoms with Gasteiger partial charge in [0, 0.05) is 35.8 Å². The molecule has 182 valence electrons. The number of rotatable bonds is 6. The predicted octanol–water partition coefficient (Wildman–Crippen LogP) is 4.85. The van der Waals surface area contributed by atoms with E-state index in [1.165, 1.54) is 0 Å². The first-order valence-corrected chi connectivity index (χ1v) is 12.8. The van der Waals surface area contributed by atoms with Crippen LogP contribution in [0.15, 0.2) is 65.6 Å². The van der Waals surface area contributed by atoms with Gasteiger partial charge in [0.1, 0.15) is 5.75 Å². The second-order valence-electron chi connectivity index (χ2n) is 8.58. The van der Waals surface area contributed by atoms with Crippen molar-refractivity contribution in [2.24, 2.45) is 0 Å². The Balaban J connectivity index is 1.69. The van der Waals surface area contributed by atoms with E-state index in [1.807, 2.05) is 55.5 Å². The summed E-state index contributed by atoms with van der Waals surface area (Å²) in [6.07, 6.45) is 0. The van der Waals surface area contributed by atoms with Crippen molar-refractivity contribution in [3.63, 3.8) is 0 Å². The van der Waals surface area contributed by atoms with E-state index in [0.717, 1.165) is 39.0 Å². The molecule has 1 aliphatic rings. The topological polar surface area (TPSA) is 70.0 Å². The first-order chi connectivity index (χ1) is 16.9. The van der Waals surface area contributed by atoms with Gasteiger partial charge >= 0.3 is 0 Å². The average molecular weight is 493 g/mol. The van der Waals surface area contributed by atoms with E-state index in [-0.39, 0.29) is 6.54 Å². The molecule has 0 saturated heterocycles. The smallest absolute Gasteiger partial charge is 0.243 e. The average Bonchev–Trinajstić information content (AvgIpc) is 3.20. The number of aromatic nitrogens is 1. The summed E-state index contributed by atoms with van der Waals surface area (Å²) in [4.78, 5) is 0.307. The molecule has 2 heterocycles. The predicted molar refractivity (Wildman–Crippen MR) is 136 cm³/mol. The third kappa shape index (κ3) is 3.92. The number of methoxy groups -OCH3 is 3. The van der Waals surface area contributed by atoms with Gasteiger partial charge in [-0.2, -0.15) is 4.31 Å². The van der Waals surface area contributed by atoms with Gasteiger partial charge in [-0.15, -0.1) is 0 Å². The highest BCUT2D eigenvalue weighted by molar-refractivity contribution is 7.89. The molecule has 3 aromatic carbocycles. The standard InChI is InChI=1S/C27H28N2O5S/c1-18-5-11-21(12-6-18)35(30,31)28-13-14-29-23-16-26(34-4)25(33-3)15-22(23)27(24(29)17-28)19-7-9-20(32-2)10-8-19/h5-12,15-16H,13-14,17H2,1-4H3. The maximum Gasteiger partial charge on any atom is 0.243 e. The van der Waals surface area contributed by atoms with Crippen molar-refractivity contribution in [1.82, 2.24) is 8.87 Å². The van der Waals surface area contributed by atoms with Crippen molar-refractivity contribution >= 4 is 20.9 Å². The van der Waals surface area contributed by atoms with Gasteiger partial charge in [-0.3, -0.25) is 0 Å². The Labute approximate surface area is 205 Å². The molecule has 0 radical (unpaired) electrons. The molecule has 0 atom stereocenters. The van der Waals surface area contributed by atoms with Crippen LogP contribution in [0.3, 0.4) is 0 Å². The van der Waals surface area contributed by atoms with Crippen molar-refractivity contribution in [1.29, 1.82) is 0 Å². The summed E-state index contributed by atoms with van der Waals surface area (Å²) in [6, 6.07) is 18.8. The van der Waals surface area contributed by atoms with Gasteiger partial charge < -0.3 is 18.8 Å². The highest BCUT2D eigenvalue weighted by Crippen LogP contribution is 2.43. The van der Waals surface area contributed by atoms with Crippen LogP contribution in [0.5, 0.6) is 17.2 Å². The lowest BCUT2D eigenvalue weighted by Gasteiger charge is -2.29. The van der Waals surface area contributed by atoms with Crippen molar-refractivity contribution in [3.05, 3.63) is 71.9 Å². The van der Waals surface area contributed by atoms with Gasteiger partial charge in [0.05, 0.1) is 38.3 Å². The summed E-state index contributed by atoms with van der Waals surface area (Å²) in [5, 5.41) is 0.984. The summed E-state index contributed by atoms with van der Waals surface area (Å²) in [7, 11) is 1.22. The van der Waals surface area contributed by atoms with Gasteiger partial charge in [-0.05, 0) is 42.8 Å². The molecule has 1 aromatic heterocycles. The first kappa shape index (κ1) is 23.3. The lowest BCUT2D eigenvalue weighted by molar-refractivity contribution is 0.345. The van der Waals surface area contributed by atoms with Crippen molar-refractivity contribution in [3.8, 4) is 28.4 Å². The molecule has 1 aliphatic heterocycles. The number of benzene rings is 3. The minimum atomic E-state index is -3.64. The second kappa shape index (κ2) is 8.94. The zero-order valence-corrected chi connectivity index (χ0v) is 21.1. The van der Waals surface area contributed by atoms with Crippen molar-refractivity contribution < 1.29 is 22.6 Å². The van der Waals surface area contributed by atoms with Gasteiger partial charge in [0.15, 0.2) is 11.5 Å². The van der Waals surface area contributed by atoms with Crippen LogP contribution >= 0.6 is 0 Å². The quantitative estimate of drug-likeness (QED) is 0.385. The number of hydrogen-bond acceptors (Lipinski definition) is 5. The minimum absolute atomic E-state index is 0.261. The maximum atomic E-state index is 13.5. The molecule has 0 bridgehead atoms. The van der Waals surface area contributed by atoms with Crippen LogP contribution in [0, 0.1) is 6.92 Å². The third-order valence-corrected chi connectivity index (χ3v) is 8.47. The van der Waals surface area contributed by atoms with Crippen molar-refractivity contribution in [2.75, 3.05) is 27.9 Å². The Morgan fingerprint density at radius 1 is 0.800 bits per heavy atom. The van der Waals surface area contributed by atoms with E-state index in [1.54, 1.807) is 37.8 Å². The molecule has 0 fully saturated rings. The van der Waals surface area contributed by atoms with Gasteiger partial charge in [0.2, 0.25) is 10.0 Å². The Bertz CT molecular complexity index is 1490. The summed E-state index contributed by atoms with van der Waals surface area (Å²) >= 11 is 0. The molecule has 0 saturated carbocycles. The largest absolute Gasteiger partial charge is 0.497 e. The van der Waals surface area contributed by atoms with E-state index >= 15 is 0 Å². The molecule has 0 N–H and O–H groups in total. The van der Waals surface area contributed by atoms with E-state index in [4.69, 9.17) is 14.2 Å². The molecular weight excluding hydrogens is 464 g/mol. The van der Waals surface area contributed by atoms with Gasteiger partial charge in [0.25, 0.3) is 0 Å². The van der Waals surface area contributed by atoms with Crippen LogP contribution < -0.4 is 14.2 Å². The fourth-order valence-electron chi connectivity index (χ4n) is 4.75. The molecule has 8 heteroatoms. The summed E-state index contributed by atoms with van der Waals surface area (Å²) in [5.74, 6) is 2.02. The molecule has 35 heavy (non-hydrogen) atoms. The van der Waals surface area contributed by atoms with E-state index in [2.05, 4.69) is 4.57 Å². The number of nitrogens with zero attached hydrogens (tertiary/aromatic N) is 2. The van der Waals surface area contributed by atoms with Gasteiger partial charge in [-0.1, -0.05) is 29.8 Å². The zero-order valence-electron chi connectivity index (χ0n) is 20.2. The van der Waals surface area contributed by atoms with Crippen LogP contribution in [-0.2, 0) is 23.1 Å². The second-order valence-corrected chi connectivity index (χ2v) is 10.5. The summed E-state index contributed by atoms with van der Waals surface area (Å²) < 4.78 is 47.3. The molecule has 7 nitrogen and oxygen atoms in total. The Kier molecular flexibility index (Phi) is 5.94. The maximum absolute atomic E-state index is 13.5. The van der Waals surface area contributed by atoms with Gasteiger partial charge in [-0.25, -0.2) is 8.42 Å². The van der Waals surface area contributed by atoms with E-state index < -0.39 is 10.0 Å². The monoisotopic (exact) mass is 492 g/mol. The molecule has 5 rings (SSSR count). The number of sulfonamides is 1. The first-order valence-electron chi connectivity index (χ1n) is 11.4. The molecule has 0 spiro atoms. The highest BCUT2D eigenvalue weighted by atomic mass is 32.2. The van der Waals surface area contributed by atoms with E-state index in [0.29, 0.717) is 29.5 Å². The molecular formula is C27H28N2O5S. The van der Waals surface area contributed by atoms with Crippen LogP contribution in [0.1, 0.15) is 11.3 Å². The molecule has 4 aromatic rings. The zero-order chi connectivity index (χ0) is 24.7. The number of ether oxygens (including phenoxy) is 3.